The molecule has 1 aromatic heterocycles. The molecule has 2 N–H and O–H groups in total. The van der Waals surface area contributed by atoms with E-state index in [2.05, 4.69) is 10.3 Å². The van der Waals surface area contributed by atoms with Gasteiger partial charge < -0.3 is 10.3 Å². The zero-order valence-corrected chi connectivity index (χ0v) is 14.4. The number of hydrogen-bond donors (Lipinski definition) is 2. The van der Waals surface area contributed by atoms with Gasteiger partial charge in [-0.15, -0.1) is 0 Å². The van der Waals surface area contributed by atoms with Crippen LogP contribution < -0.4 is 10.9 Å². The minimum atomic E-state index is -4.88. The third kappa shape index (κ3) is 4.40. The molecule has 1 heterocycles. The Bertz CT molecular complexity index is 894. The fraction of sp³-hybridized carbons (Fsp3) is 0.312. The third-order valence-corrected chi connectivity index (χ3v) is 3.73. The highest BCUT2D eigenvalue weighted by molar-refractivity contribution is 6.33. The van der Waals surface area contributed by atoms with Crippen LogP contribution in [-0.2, 0) is 17.5 Å². The molecule has 0 fully saturated rings. The van der Waals surface area contributed by atoms with Gasteiger partial charge in [0.05, 0.1) is 10.6 Å². The standard InChI is InChI=1S/C16H14ClF4N3O2/c1-7(2)15(26)22-6-8-3-4-9(17)12(13(8)18)14-23-10(16(19,20)21)5-11(25)24-14/h3-5,7H,6H2,1-2H3,(H,22,26)(H,23,24,25). The first-order valence-electron chi connectivity index (χ1n) is 7.44. The number of aromatic nitrogens is 2. The SMILES string of the molecule is CC(C)C(=O)NCc1ccc(Cl)c(-c2nc(C(F)(F)F)cc(=O)[nH]2)c1F. The van der Waals surface area contributed by atoms with E-state index in [0.717, 1.165) is 0 Å². The molecule has 1 amide bonds. The zero-order chi connectivity index (χ0) is 19.6. The molecule has 26 heavy (non-hydrogen) atoms. The molecule has 0 saturated carbocycles. The predicted molar refractivity (Wildman–Crippen MR) is 86.9 cm³/mol. The summed E-state index contributed by atoms with van der Waals surface area (Å²) in [6.07, 6.45) is -4.88. The lowest BCUT2D eigenvalue weighted by Crippen LogP contribution is -2.27. The van der Waals surface area contributed by atoms with Crippen molar-refractivity contribution in [3.8, 4) is 11.4 Å². The first kappa shape index (κ1) is 19.9. The molecule has 0 unspecified atom stereocenters. The quantitative estimate of drug-likeness (QED) is 0.783. The van der Waals surface area contributed by atoms with Crippen LogP contribution in [0.3, 0.4) is 0 Å². The Labute approximate surface area is 150 Å². The second kappa shape index (κ2) is 7.45. The Hall–Kier alpha value is -2.42. The number of carbonyl (C=O) groups excluding carboxylic acids is 1. The van der Waals surface area contributed by atoms with Crippen LogP contribution in [0.15, 0.2) is 23.0 Å². The zero-order valence-electron chi connectivity index (χ0n) is 13.7. The maximum absolute atomic E-state index is 14.8. The smallest absolute Gasteiger partial charge is 0.352 e. The number of alkyl halides is 3. The van der Waals surface area contributed by atoms with Crippen LogP contribution in [0, 0.1) is 11.7 Å². The molecule has 10 heteroatoms. The van der Waals surface area contributed by atoms with E-state index < -0.39 is 34.6 Å². The van der Waals surface area contributed by atoms with Gasteiger partial charge in [-0.2, -0.15) is 13.2 Å². The third-order valence-electron chi connectivity index (χ3n) is 3.42. The fourth-order valence-electron chi connectivity index (χ4n) is 2.06. The maximum atomic E-state index is 14.8. The molecule has 1 aromatic carbocycles. The summed E-state index contributed by atoms with van der Waals surface area (Å²) < 4.78 is 53.3. The van der Waals surface area contributed by atoms with E-state index in [1.54, 1.807) is 13.8 Å². The van der Waals surface area contributed by atoms with Crippen LogP contribution in [0.25, 0.3) is 11.4 Å². The highest BCUT2D eigenvalue weighted by Crippen LogP contribution is 2.32. The number of nitrogens with one attached hydrogen (secondary N) is 2. The molecule has 0 radical (unpaired) electrons. The molecule has 2 rings (SSSR count). The first-order valence-corrected chi connectivity index (χ1v) is 7.82. The minimum Gasteiger partial charge on any atom is -0.352 e. The normalized spacial score (nSPS) is 11.7. The van der Waals surface area contributed by atoms with Gasteiger partial charge in [0.2, 0.25) is 5.91 Å². The number of benzene rings is 1. The lowest BCUT2D eigenvalue weighted by Gasteiger charge is -2.13. The van der Waals surface area contributed by atoms with Gasteiger partial charge in [0.15, 0.2) is 5.69 Å². The number of halogens is 5. The molecule has 0 bridgehead atoms. The summed E-state index contributed by atoms with van der Waals surface area (Å²) in [6, 6.07) is 2.80. The Morgan fingerprint density at radius 3 is 2.58 bits per heavy atom. The van der Waals surface area contributed by atoms with Crippen molar-refractivity contribution in [1.82, 2.24) is 15.3 Å². The summed E-state index contributed by atoms with van der Waals surface area (Å²) in [5.74, 6) is -2.29. The Morgan fingerprint density at radius 1 is 1.35 bits per heavy atom. The summed E-state index contributed by atoms with van der Waals surface area (Å²) in [5, 5.41) is 2.26. The molecule has 5 nitrogen and oxygen atoms in total. The topological polar surface area (TPSA) is 74.8 Å². The molecule has 2 aromatic rings. The number of nitrogens with zero attached hydrogens (tertiary/aromatic N) is 1. The van der Waals surface area contributed by atoms with Crippen molar-refractivity contribution in [2.24, 2.45) is 5.92 Å². The van der Waals surface area contributed by atoms with Crippen molar-refractivity contribution in [1.29, 1.82) is 0 Å². The summed E-state index contributed by atoms with van der Waals surface area (Å²) in [5.41, 5.74) is -3.06. The van der Waals surface area contributed by atoms with E-state index in [1.165, 1.54) is 12.1 Å². The molecule has 0 aliphatic rings. The number of amides is 1. The van der Waals surface area contributed by atoms with Crippen LogP contribution in [0.2, 0.25) is 5.02 Å². The van der Waals surface area contributed by atoms with Crippen LogP contribution in [-0.4, -0.2) is 15.9 Å². The molecule has 0 aliphatic carbocycles. The summed E-state index contributed by atoms with van der Waals surface area (Å²) in [7, 11) is 0. The van der Waals surface area contributed by atoms with Crippen molar-refractivity contribution in [2.45, 2.75) is 26.6 Å². The van der Waals surface area contributed by atoms with Gasteiger partial charge in [-0.05, 0) is 6.07 Å². The van der Waals surface area contributed by atoms with Gasteiger partial charge in [-0.25, -0.2) is 9.37 Å². The lowest BCUT2D eigenvalue weighted by atomic mass is 10.1. The molecule has 0 saturated heterocycles. The molecular formula is C16H14ClF4N3O2. The average Bonchev–Trinajstić information content (AvgIpc) is 2.52. The van der Waals surface area contributed by atoms with E-state index >= 15 is 0 Å². The minimum absolute atomic E-state index is 0.0153. The Kier molecular flexibility index (Phi) is 5.70. The summed E-state index contributed by atoms with van der Waals surface area (Å²) in [4.78, 5) is 28.4. The van der Waals surface area contributed by atoms with Crippen molar-refractivity contribution < 1.29 is 22.4 Å². The van der Waals surface area contributed by atoms with Crippen molar-refractivity contribution in [3.05, 3.63) is 50.7 Å². The largest absolute Gasteiger partial charge is 0.433 e. The van der Waals surface area contributed by atoms with E-state index in [9.17, 15) is 27.2 Å². The number of H-pyrrole nitrogens is 1. The first-order chi connectivity index (χ1) is 12.0. The second-order valence-electron chi connectivity index (χ2n) is 5.74. The Balaban J connectivity index is 2.50. The fourth-order valence-corrected chi connectivity index (χ4v) is 2.29. The average molecular weight is 392 g/mol. The monoisotopic (exact) mass is 391 g/mol. The maximum Gasteiger partial charge on any atom is 0.433 e. The van der Waals surface area contributed by atoms with Crippen LogP contribution in [0.1, 0.15) is 25.1 Å². The molecule has 0 aliphatic heterocycles. The van der Waals surface area contributed by atoms with Crippen molar-refractivity contribution in [2.75, 3.05) is 0 Å². The van der Waals surface area contributed by atoms with Gasteiger partial charge >= 0.3 is 6.18 Å². The molecule has 0 spiro atoms. The lowest BCUT2D eigenvalue weighted by molar-refractivity contribution is -0.141. The van der Waals surface area contributed by atoms with Crippen LogP contribution >= 0.6 is 11.6 Å². The van der Waals surface area contributed by atoms with Gasteiger partial charge in [-0.1, -0.05) is 31.5 Å². The Morgan fingerprint density at radius 2 is 2.00 bits per heavy atom. The second-order valence-corrected chi connectivity index (χ2v) is 6.15. The molecule has 0 atom stereocenters. The van der Waals surface area contributed by atoms with Crippen LogP contribution in [0.5, 0.6) is 0 Å². The van der Waals surface area contributed by atoms with Gasteiger partial charge in [0, 0.05) is 24.1 Å². The molecular weight excluding hydrogens is 378 g/mol. The summed E-state index contributed by atoms with van der Waals surface area (Å²) in [6.45, 7) is 3.10. The number of carbonyl (C=O) groups is 1. The summed E-state index contributed by atoms with van der Waals surface area (Å²) >= 11 is 5.90. The van der Waals surface area contributed by atoms with Gasteiger partial charge in [0.25, 0.3) is 5.56 Å². The number of aromatic amines is 1. The highest BCUT2D eigenvalue weighted by atomic mass is 35.5. The molecule has 140 valence electrons. The number of rotatable bonds is 4. The van der Waals surface area contributed by atoms with Gasteiger partial charge in [-0.3, -0.25) is 9.59 Å². The van der Waals surface area contributed by atoms with Crippen LogP contribution in [0.4, 0.5) is 17.6 Å². The van der Waals surface area contributed by atoms with E-state index in [1.807, 2.05) is 4.98 Å². The highest BCUT2D eigenvalue weighted by Gasteiger charge is 2.34. The predicted octanol–water partition coefficient (Wildman–Crippen LogP) is 3.52. The van der Waals surface area contributed by atoms with Crippen molar-refractivity contribution >= 4 is 17.5 Å². The van der Waals surface area contributed by atoms with E-state index in [0.29, 0.717) is 0 Å². The number of hydrogen-bond acceptors (Lipinski definition) is 3. The van der Waals surface area contributed by atoms with Crippen molar-refractivity contribution in [3.63, 3.8) is 0 Å². The van der Waals surface area contributed by atoms with E-state index in [-0.39, 0.29) is 35.0 Å². The van der Waals surface area contributed by atoms with Gasteiger partial charge in [0.1, 0.15) is 11.6 Å². The van der Waals surface area contributed by atoms with E-state index in [4.69, 9.17) is 11.6 Å².